The quantitative estimate of drug-likeness (QED) is 0.603. The lowest BCUT2D eigenvalue weighted by molar-refractivity contribution is -0.429. The van der Waals surface area contributed by atoms with E-state index in [9.17, 15) is 0 Å². The van der Waals surface area contributed by atoms with Crippen molar-refractivity contribution in [3.63, 3.8) is 0 Å². The molecule has 23 heavy (non-hydrogen) atoms. The molecular formula is C19H23NO3. The summed E-state index contributed by atoms with van der Waals surface area (Å²) in [6.07, 6.45) is -1.25. The van der Waals surface area contributed by atoms with Gasteiger partial charge in [-0.1, -0.05) is 36.4 Å². The molecule has 3 rings (SSSR count). The summed E-state index contributed by atoms with van der Waals surface area (Å²) in [4.78, 5) is 0. The maximum absolute atomic E-state index is 5.99. The maximum atomic E-state index is 5.99. The summed E-state index contributed by atoms with van der Waals surface area (Å²) in [5, 5.41) is 2.32. The van der Waals surface area contributed by atoms with Crippen molar-refractivity contribution in [1.29, 1.82) is 0 Å². The molecule has 4 heteroatoms. The Bertz CT molecular complexity index is 723. The van der Waals surface area contributed by atoms with E-state index in [0.717, 1.165) is 21.8 Å². The van der Waals surface area contributed by atoms with Gasteiger partial charge < -0.3 is 14.2 Å². The van der Waals surface area contributed by atoms with Crippen LogP contribution in [-0.2, 0) is 20.3 Å². The van der Waals surface area contributed by atoms with E-state index in [1.165, 1.54) is 0 Å². The van der Waals surface area contributed by atoms with Crippen molar-refractivity contribution in [2.24, 2.45) is 0 Å². The number of hydrogen-bond donors (Lipinski definition) is 0. The molecule has 0 bridgehead atoms. The zero-order chi connectivity index (χ0) is 16.3. The van der Waals surface area contributed by atoms with Gasteiger partial charge in [0, 0.05) is 10.8 Å². The fourth-order valence-electron chi connectivity index (χ4n) is 3.08. The first-order valence-electron chi connectivity index (χ1n) is 8.18. The smallest absolute Gasteiger partial charge is 0.309 e. The standard InChI is InChI=1S/C19H23NO3/c1-4-21-19(22-5-2,23-6-3)20-17-13-9-7-11-15(17)16-12-8-10-14-18(16)20/h7-14H,4-6H2,1-3H3. The van der Waals surface area contributed by atoms with Gasteiger partial charge in [0.2, 0.25) is 0 Å². The van der Waals surface area contributed by atoms with Crippen LogP contribution in [0.5, 0.6) is 0 Å². The van der Waals surface area contributed by atoms with Crippen molar-refractivity contribution >= 4 is 21.8 Å². The third kappa shape index (κ3) is 2.63. The third-order valence-corrected chi connectivity index (χ3v) is 3.83. The molecule has 1 aromatic heterocycles. The summed E-state index contributed by atoms with van der Waals surface area (Å²) in [5.74, 6) is 0. The summed E-state index contributed by atoms with van der Waals surface area (Å²) in [5.41, 5.74) is 2.06. The topological polar surface area (TPSA) is 32.6 Å². The molecule has 0 aliphatic rings. The molecule has 0 aliphatic heterocycles. The summed E-state index contributed by atoms with van der Waals surface area (Å²) in [6, 6.07) is 16.5. The first-order valence-corrected chi connectivity index (χ1v) is 8.18. The van der Waals surface area contributed by atoms with E-state index in [0.29, 0.717) is 19.8 Å². The highest BCUT2D eigenvalue weighted by Gasteiger charge is 2.38. The van der Waals surface area contributed by atoms with Gasteiger partial charge in [0.25, 0.3) is 0 Å². The first-order chi connectivity index (χ1) is 11.3. The molecule has 0 fully saturated rings. The molecule has 4 nitrogen and oxygen atoms in total. The Hall–Kier alpha value is -1.88. The number of aromatic nitrogens is 1. The molecule has 122 valence electrons. The number of ether oxygens (including phenoxy) is 3. The molecule has 0 amide bonds. The lowest BCUT2D eigenvalue weighted by Gasteiger charge is -2.34. The van der Waals surface area contributed by atoms with Crippen LogP contribution in [0, 0.1) is 0 Å². The summed E-state index contributed by atoms with van der Waals surface area (Å²) in [7, 11) is 0. The van der Waals surface area contributed by atoms with Crippen LogP contribution in [0.15, 0.2) is 48.5 Å². The SMILES string of the molecule is CCOC(OCC)(OCC)n1c2ccccc2c2ccccc21. The van der Waals surface area contributed by atoms with Crippen molar-refractivity contribution < 1.29 is 14.2 Å². The average Bonchev–Trinajstić information content (AvgIpc) is 2.90. The molecule has 0 aliphatic carbocycles. The van der Waals surface area contributed by atoms with Gasteiger partial charge >= 0.3 is 6.10 Å². The van der Waals surface area contributed by atoms with Gasteiger partial charge in [-0.3, -0.25) is 4.57 Å². The van der Waals surface area contributed by atoms with Crippen molar-refractivity contribution in [1.82, 2.24) is 4.57 Å². The van der Waals surface area contributed by atoms with E-state index in [2.05, 4.69) is 24.3 Å². The van der Waals surface area contributed by atoms with Crippen LogP contribution in [0.4, 0.5) is 0 Å². The third-order valence-electron chi connectivity index (χ3n) is 3.83. The minimum Gasteiger partial charge on any atom is -0.309 e. The minimum absolute atomic E-state index is 0.487. The van der Waals surface area contributed by atoms with E-state index in [1.807, 2.05) is 49.6 Å². The van der Waals surface area contributed by atoms with Crippen LogP contribution in [0.2, 0.25) is 0 Å². The lowest BCUT2D eigenvalue weighted by atomic mass is 10.2. The Morgan fingerprint density at radius 2 is 1.09 bits per heavy atom. The molecule has 1 heterocycles. The summed E-state index contributed by atoms with van der Waals surface area (Å²) < 4.78 is 20.0. The van der Waals surface area contributed by atoms with Crippen LogP contribution in [0.1, 0.15) is 20.8 Å². The molecule has 3 aromatic rings. The molecule has 0 saturated carbocycles. The second-order valence-electron chi connectivity index (χ2n) is 5.19. The summed E-state index contributed by atoms with van der Waals surface area (Å²) in [6.45, 7) is 7.30. The highest BCUT2D eigenvalue weighted by Crippen LogP contribution is 2.36. The monoisotopic (exact) mass is 313 g/mol. The lowest BCUT2D eigenvalue weighted by Crippen LogP contribution is -2.42. The number of fused-ring (bicyclic) bond motifs is 3. The highest BCUT2D eigenvalue weighted by atomic mass is 16.9. The van der Waals surface area contributed by atoms with Crippen molar-refractivity contribution in [2.45, 2.75) is 26.9 Å². The second kappa shape index (κ2) is 6.71. The zero-order valence-corrected chi connectivity index (χ0v) is 13.9. The Labute approximate surface area is 136 Å². The molecule has 0 spiro atoms. The second-order valence-corrected chi connectivity index (χ2v) is 5.19. The number of benzene rings is 2. The van der Waals surface area contributed by atoms with Crippen LogP contribution in [0.3, 0.4) is 0 Å². The van der Waals surface area contributed by atoms with Gasteiger partial charge in [-0.2, -0.15) is 0 Å². The molecule has 0 unspecified atom stereocenters. The van der Waals surface area contributed by atoms with Crippen LogP contribution >= 0.6 is 0 Å². The van der Waals surface area contributed by atoms with E-state index in [-0.39, 0.29) is 0 Å². The average molecular weight is 313 g/mol. The molecule has 0 atom stereocenters. The van der Waals surface area contributed by atoms with Gasteiger partial charge in [-0.15, -0.1) is 0 Å². The van der Waals surface area contributed by atoms with Gasteiger partial charge in [-0.05, 0) is 32.9 Å². The number of para-hydroxylation sites is 2. The minimum atomic E-state index is -1.25. The normalized spacial score (nSPS) is 12.3. The predicted octanol–water partition coefficient (Wildman–Crippen LogP) is 4.47. The van der Waals surface area contributed by atoms with Crippen LogP contribution < -0.4 is 0 Å². The summed E-state index contributed by atoms with van der Waals surface area (Å²) >= 11 is 0. The number of nitrogens with zero attached hydrogens (tertiary/aromatic N) is 1. The highest BCUT2D eigenvalue weighted by molar-refractivity contribution is 6.08. The van der Waals surface area contributed by atoms with Crippen LogP contribution in [-0.4, -0.2) is 24.4 Å². The van der Waals surface area contributed by atoms with Crippen molar-refractivity contribution in [2.75, 3.05) is 19.8 Å². The fourth-order valence-corrected chi connectivity index (χ4v) is 3.08. The van der Waals surface area contributed by atoms with Crippen LogP contribution in [0.25, 0.3) is 21.8 Å². The Morgan fingerprint density at radius 3 is 1.48 bits per heavy atom. The fraction of sp³-hybridized carbons (Fsp3) is 0.368. The Morgan fingerprint density at radius 1 is 0.696 bits per heavy atom. The zero-order valence-electron chi connectivity index (χ0n) is 13.9. The van der Waals surface area contributed by atoms with E-state index in [4.69, 9.17) is 14.2 Å². The largest absolute Gasteiger partial charge is 0.381 e. The number of hydrogen-bond acceptors (Lipinski definition) is 3. The Kier molecular flexibility index (Phi) is 4.66. The molecule has 0 saturated heterocycles. The van der Waals surface area contributed by atoms with Gasteiger partial charge in [0.15, 0.2) is 0 Å². The van der Waals surface area contributed by atoms with E-state index < -0.39 is 6.10 Å². The van der Waals surface area contributed by atoms with Gasteiger partial charge in [0.1, 0.15) is 0 Å². The number of rotatable bonds is 7. The Balaban J connectivity index is 2.37. The molecule has 2 aromatic carbocycles. The van der Waals surface area contributed by atoms with E-state index >= 15 is 0 Å². The molecule has 0 N–H and O–H groups in total. The maximum Gasteiger partial charge on any atom is 0.381 e. The molecule has 0 radical (unpaired) electrons. The van der Waals surface area contributed by atoms with Crippen molar-refractivity contribution in [3.8, 4) is 0 Å². The van der Waals surface area contributed by atoms with Gasteiger partial charge in [0.05, 0.1) is 30.9 Å². The molecular weight excluding hydrogens is 290 g/mol. The van der Waals surface area contributed by atoms with Gasteiger partial charge in [-0.25, -0.2) is 0 Å². The predicted molar refractivity (Wildman–Crippen MR) is 92.3 cm³/mol. The van der Waals surface area contributed by atoms with Crippen molar-refractivity contribution in [3.05, 3.63) is 48.5 Å². The first kappa shape index (κ1) is 16.0. The van der Waals surface area contributed by atoms with E-state index in [1.54, 1.807) is 0 Å².